The number of hydrogen-bond acceptors (Lipinski definition) is 5. The lowest BCUT2D eigenvalue weighted by molar-refractivity contribution is -0.144. The van der Waals surface area contributed by atoms with Crippen LogP contribution in [-0.2, 0) is 14.4 Å². The number of halogens is 1. The first-order chi connectivity index (χ1) is 14.4. The molecule has 0 radical (unpaired) electrons. The largest absolute Gasteiger partial charge is 0.353 e. The van der Waals surface area contributed by atoms with Gasteiger partial charge in [-0.1, -0.05) is 35.9 Å². The molecule has 4 atom stereocenters. The smallest absolute Gasteiger partial charge is 0.229 e. The molecule has 2 fully saturated rings. The minimum atomic E-state index is -0.811. The maximum atomic E-state index is 12.9. The predicted molar refractivity (Wildman–Crippen MR) is 113 cm³/mol. The molecule has 156 valence electrons. The number of carbonyl (C=O) groups excluding carboxylic acids is 3. The molecule has 3 amide bonds. The number of aryl methyl sites for hydroxylation is 1. The summed E-state index contributed by atoms with van der Waals surface area (Å²) in [5.41, 5.74) is 2.21. The number of amides is 3. The van der Waals surface area contributed by atoms with E-state index < -0.39 is 30.2 Å². The highest BCUT2D eigenvalue weighted by atomic mass is 35.5. The highest BCUT2D eigenvalue weighted by Crippen LogP contribution is 2.29. The lowest BCUT2D eigenvalue weighted by Crippen LogP contribution is -2.72. The average molecular weight is 428 g/mol. The molecule has 0 saturated carbocycles. The van der Waals surface area contributed by atoms with Gasteiger partial charge in [-0.3, -0.25) is 19.7 Å². The van der Waals surface area contributed by atoms with Crippen molar-refractivity contribution in [2.24, 2.45) is 11.8 Å². The van der Waals surface area contributed by atoms with E-state index in [1.54, 1.807) is 18.2 Å². The minimum Gasteiger partial charge on any atom is -0.353 e. The van der Waals surface area contributed by atoms with Crippen LogP contribution in [0.2, 0.25) is 5.02 Å². The van der Waals surface area contributed by atoms with Crippen molar-refractivity contribution >= 4 is 40.7 Å². The Kier molecular flexibility index (Phi) is 5.61. The molecule has 2 aromatic rings. The molecule has 4 unspecified atom stereocenters. The van der Waals surface area contributed by atoms with Crippen LogP contribution < -0.4 is 26.6 Å². The maximum absolute atomic E-state index is 12.9. The summed E-state index contributed by atoms with van der Waals surface area (Å²) in [6, 6.07) is 14.5. The van der Waals surface area contributed by atoms with E-state index in [1.807, 2.05) is 37.3 Å². The number of nitrogens with one attached hydrogen (secondary N) is 5. The number of rotatable bonds is 4. The molecule has 4 rings (SSSR count). The van der Waals surface area contributed by atoms with E-state index in [4.69, 9.17) is 11.6 Å². The Morgan fingerprint density at radius 2 is 1.83 bits per heavy atom. The molecule has 2 aliphatic rings. The number of benzene rings is 2. The Bertz CT molecular complexity index is 984. The van der Waals surface area contributed by atoms with E-state index in [0.29, 0.717) is 10.7 Å². The molecule has 2 heterocycles. The normalized spacial score (nSPS) is 25.5. The second-order valence-electron chi connectivity index (χ2n) is 7.45. The third-order valence-electron chi connectivity index (χ3n) is 5.31. The van der Waals surface area contributed by atoms with Crippen molar-refractivity contribution in [2.75, 3.05) is 10.6 Å². The highest BCUT2D eigenvalue weighted by molar-refractivity contribution is 6.31. The number of carbonyl (C=O) groups is 3. The lowest BCUT2D eigenvalue weighted by Gasteiger charge is -2.43. The molecule has 9 heteroatoms. The standard InChI is InChI=1S/C21H22ClN5O3/c1-11-7-8-13(9-15(11)22)23-19(29)14-10-16(28)25-18-17(14)20(30)27-21(26-18)24-12-5-3-2-4-6-12/h2-9,14,17-18,21,24,26H,10H2,1H3,(H,23,29)(H,25,28)(H,27,30). The molecule has 30 heavy (non-hydrogen) atoms. The van der Waals surface area contributed by atoms with Crippen molar-refractivity contribution in [2.45, 2.75) is 25.8 Å². The van der Waals surface area contributed by atoms with Crippen molar-refractivity contribution in [1.29, 1.82) is 0 Å². The van der Waals surface area contributed by atoms with E-state index in [0.717, 1.165) is 11.3 Å². The van der Waals surface area contributed by atoms with Gasteiger partial charge in [-0.15, -0.1) is 0 Å². The molecule has 2 aliphatic heterocycles. The molecule has 2 aromatic carbocycles. The molecule has 0 aliphatic carbocycles. The van der Waals surface area contributed by atoms with Crippen LogP contribution in [0.25, 0.3) is 0 Å². The van der Waals surface area contributed by atoms with E-state index in [2.05, 4.69) is 26.6 Å². The predicted octanol–water partition coefficient (Wildman–Crippen LogP) is 1.78. The Labute approximate surface area is 178 Å². The average Bonchev–Trinajstić information content (AvgIpc) is 2.70. The van der Waals surface area contributed by atoms with Gasteiger partial charge in [-0.25, -0.2) is 0 Å². The monoisotopic (exact) mass is 427 g/mol. The number of para-hydroxylation sites is 1. The minimum absolute atomic E-state index is 0.0710. The third kappa shape index (κ3) is 4.24. The fraction of sp³-hybridized carbons (Fsp3) is 0.286. The summed E-state index contributed by atoms with van der Waals surface area (Å²) >= 11 is 6.13. The van der Waals surface area contributed by atoms with Gasteiger partial charge in [0.1, 0.15) is 0 Å². The molecule has 0 aromatic heterocycles. The van der Waals surface area contributed by atoms with Crippen LogP contribution in [0.4, 0.5) is 11.4 Å². The Hall–Kier alpha value is -3.10. The van der Waals surface area contributed by atoms with Crippen LogP contribution in [0.1, 0.15) is 12.0 Å². The van der Waals surface area contributed by atoms with E-state index in [9.17, 15) is 14.4 Å². The van der Waals surface area contributed by atoms with Crippen molar-refractivity contribution < 1.29 is 14.4 Å². The van der Waals surface area contributed by atoms with Gasteiger partial charge in [0.05, 0.1) is 18.0 Å². The molecule has 0 spiro atoms. The fourth-order valence-corrected chi connectivity index (χ4v) is 3.94. The summed E-state index contributed by atoms with van der Waals surface area (Å²) in [5, 5.41) is 15.2. The second kappa shape index (κ2) is 8.33. The maximum Gasteiger partial charge on any atom is 0.229 e. The van der Waals surface area contributed by atoms with Crippen molar-refractivity contribution in [3.05, 3.63) is 59.1 Å². The third-order valence-corrected chi connectivity index (χ3v) is 5.72. The number of piperidine rings is 1. The summed E-state index contributed by atoms with van der Waals surface area (Å²) in [5.74, 6) is -2.55. The number of hydrogen-bond donors (Lipinski definition) is 5. The Morgan fingerprint density at radius 1 is 1.07 bits per heavy atom. The van der Waals surface area contributed by atoms with Gasteiger partial charge in [-0.05, 0) is 36.8 Å². The molecule has 0 bridgehead atoms. The van der Waals surface area contributed by atoms with Crippen LogP contribution in [0.5, 0.6) is 0 Å². The number of fused-ring (bicyclic) bond motifs is 1. The molecular formula is C21H22ClN5O3. The van der Waals surface area contributed by atoms with Crippen LogP contribution in [0.15, 0.2) is 48.5 Å². The van der Waals surface area contributed by atoms with E-state index >= 15 is 0 Å². The van der Waals surface area contributed by atoms with E-state index in [1.165, 1.54) is 0 Å². The zero-order valence-corrected chi connectivity index (χ0v) is 17.0. The quantitative estimate of drug-likeness (QED) is 0.510. The molecule has 2 saturated heterocycles. The van der Waals surface area contributed by atoms with Gasteiger partial charge >= 0.3 is 0 Å². The zero-order chi connectivity index (χ0) is 21.3. The molecular weight excluding hydrogens is 406 g/mol. The molecule has 8 nitrogen and oxygen atoms in total. The Morgan fingerprint density at radius 3 is 2.57 bits per heavy atom. The van der Waals surface area contributed by atoms with E-state index in [-0.39, 0.29) is 18.2 Å². The summed E-state index contributed by atoms with van der Waals surface area (Å²) in [6.45, 7) is 1.86. The van der Waals surface area contributed by atoms with Crippen LogP contribution >= 0.6 is 11.6 Å². The fourth-order valence-electron chi connectivity index (χ4n) is 3.76. The van der Waals surface area contributed by atoms with Gasteiger partial charge in [0.25, 0.3) is 0 Å². The summed E-state index contributed by atoms with van der Waals surface area (Å²) in [4.78, 5) is 38.0. The van der Waals surface area contributed by atoms with Gasteiger partial charge in [-0.2, -0.15) is 0 Å². The van der Waals surface area contributed by atoms with Gasteiger partial charge in [0.15, 0.2) is 6.29 Å². The summed E-state index contributed by atoms with van der Waals surface area (Å²) < 4.78 is 0. The summed E-state index contributed by atoms with van der Waals surface area (Å²) in [7, 11) is 0. The van der Waals surface area contributed by atoms with Crippen LogP contribution in [0, 0.1) is 18.8 Å². The SMILES string of the molecule is Cc1ccc(NC(=O)C2CC(=O)NC3NC(Nc4ccccc4)NC(=O)C32)cc1Cl. The zero-order valence-electron chi connectivity index (χ0n) is 16.2. The first-order valence-corrected chi connectivity index (χ1v) is 10.0. The van der Waals surface area contributed by atoms with Gasteiger partial charge in [0, 0.05) is 22.8 Å². The van der Waals surface area contributed by atoms with Gasteiger partial charge < -0.3 is 21.3 Å². The second-order valence-corrected chi connectivity index (χ2v) is 7.86. The van der Waals surface area contributed by atoms with Gasteiger partial charge in [0.2, 0.25) is 17.7 Å². The van der Waals surface area contributed by atoms with Crippen molar-refractivity contribution in [3.8, 4) is 0 Å². The summed E-state index contributed by atoms with van der Waals surface area (Å²) in [6.07, 6.45) is -1.32. The van der Waals surface area contributed by atoms with Crippen molar-refractivity contribution in [3.63, 3.8) is 0 Å². The first-order valence-electron chi connectivity index (χ1n) is 9.65. The lowest BCUT2D eigenvalue weighted by atomic mass is 9.81. The molecule has 5 N–H and O–H groups in total. The number of anilines is 2. The van der Waals surface area contributed by atoms with Crippen LogP contribution in [-0.4, -0.2) is 30.2 Å². The highest BCUT2D eigenvalue weighted by Gasteiger charge is 2.48. The topological polar surface area (TPSA) is 111 Å². The van der Waals surface area contributed by atoms with Crippen LogP contribution in [0.3, 0.4) is 0 Å². The van der Waals surface area contributed by atoms with Crippen molar-refractivity contribution in [1.82, 2.24) is 16.0 Å². The first kappa shape index (κ1) is 20.2. The Balaban J connectivity index is 1.48.